The van der Waals surface area contributed by atoms with Crippen LogP contribution in [0.5, 0.6) is 0 Å². The summed E-state index contributed by atoms with van der Waals surface area (Å²) in [6.07, 6.45) is -0.633. The lowest BCUT2D eigenvalue weighted by Gasteiger charge is -2.14. The number of nitrogens with zero attached hydrogens (tertiary/aromatic N) is 1. The number of carbonyl (C=O) groups excluding carboxylic acids is 1. The van der Waals surface area contributed by atoms with Crippen LogP contribution in [0.3, 0.4) is 0 Å². The highest BCUT2D eigenvalue weighted by Gasteiger charge is 2.11. The molecule has 0 aliphatic heterocycles. The molecule has 0 atom stereocenters. The second kappa shape index (κ2) is 4.99. The van der Waals surface area contributed by atoms with Crippen molar-refractivity contribution in [3.8, 4) is 0 Å². The summed E-state index contributed by atoms with van der Waals surface area (Å²) in [5.41, 5.74) is 6.01. The van der Waals surface area contributed by atoms with Crippen molar-refractivity contribution in [1.29, 1.82) is 5.41 Å². The van der Waals surface area contributed by atoms with Gasteiger partial charge in [-0.15, -0.1) is 0 Å². The van der Waals surface area contributed by atoms with E-state index in [4.69, 9.17) is 15.9 Å². The summed E-state index contributed by atoms with van der Waals surface area (Å²) < 4.78 is 4.92. The molecule has 0 aromatic heterocycles. The van der Waals surface area contributed by atoms with E-state index in [0.29, 0.717) is 0 Å². The Balaban J connectivity index is 2.44. The van der Waals surface area contributed by atoms with Crippen molar-refractivity contribution < 1.29 is 9.53 Å². The molecule has 5 heteroatoms. The molecule has 0 aliphatic rings. The molecule has 0 bridgehead atoms. The van der Waals surface area contributed by atoms with Crippen LogP contribution in [0.2, 0.25) is 0 Å². The Bertz CT molecular complexity index is 351. The first-order chi connectivity index (χ1) is 7.11. The van der Waals surface area contributed by atoms with Crippen LogP contribution in [0.15, 0.2) is 30.3 Å². The largest absolute Gasteiger partial charge is 0.444 e. The van der Waals surface area contributed by atoms with Crippen LogP contribution < -0.4 is 5.73 Å². The van der Waals surface area contributed by atoms with Gasteiger partial charge < -0.3 is 10.5 Å². The Morgan fingerprint density at radius 3 is 2.60 bits per heavy atom. The average molecular weight is 207 g/mol. The summed E-state index contributed by atoms with van der Waals surface area (Å²) in [6.45, 7) is 0.178. The summed E-state index contributed by atoms with van der Waals surface area (Å²) in [7, 11) is 1.38. The number of ether oxygens (including phenoxy) is 1. The van der Waals surface area contributed by atoms with E-state index in [9.17, 15) is 4.79 Å². The van der Waals surface area contributed by atoms with Crippen molar-refractivity contribution in [2.24, 2.45) is 5.73 Å². The monoisotopic (exact) mass is 207 g/mol. The quantitative estimate of drug-likeness (QED) is 0.564. The van der Waals surface area contributed by atoms with Gasteiger partial charge in [-0.1, -0.05) is 30.3 Å². The van der Waals surface area contributed by atoms with E-state index in [-0.39, 0.29) is 12.6 Å². The number of rotatable bonds is 2. The molecule has 1 aromatic carbocycles. The van der Waals surface area contributed by atoms with Gasteiger partial charge in [-0.3, -0.25) is 10.3 Å². The molecule has 0 unspecified atom stereocenters. The van der Waals surface area contributed by atoms with Gasteiger partial charge in [0.2, 0.25) is 0 Å². The van der Waals surface area contributed by atoms with Crippen LogP contribution in [-0.4, -0.2) is 24.0 Å². The van der Waals surface area contributed by atoms with Crippen LogP contribution in [0.25, 0.3) is 0 Å². The smallest absolute Gasteiger partial charge is 0.416 e. The average Bonchev–Trinajstić information content (AvgIpc) is 2.26. The number of hydrogen-bond acceptors (Lipinski definition) is 3. The van der Waals surface area contributed by atoms with E-state index in [1.165, 1.54) is 7.05 Å². The molecule has 1 aromatic rings. The Labute approximate surface area is 88.0 Å². The molecule has 0 saturated heterocycles. The SMILES string of the molecule is CN(C(=N)N)C(=O)OCc1ccccc1. The van der Waals surface area contributed by atoms with Crippen molar-refractivity contribution in [2.45, 2.75) is 6.61 Å². The van der Waals surface area contributed by atoms with Gasteiger partial charge in [0, 0.05) is 7.05 Å². The van der Waals surface area contributed by atoms with Crippen molar-refractivity contribution >= 4 is 12.1 Å². The standard InChI is InChI=1S/C10H13N3O2/c1-13(9(11)12)10(14)15-7-8-5-3-2-4-6-8/h2-6H,7H2,1H3,(H3,11,12). The van der Waals surface area contributed by atoms with E-state index >= 15 is 0 Å². The second-order valence-corrected chi connectivity index (χ2v) is 2.98. The van der Waals surface area contributed by atoms with Crippen molar-refractivity contribution in [2.75, 3.05) is 7.05 Å². The lowest BCUT2D eigenvalue weighted by atomic mass is 10.2. The lowest BCUT2D eigenvalue weighted by Crippen LogP contribution is -2.38. The molecule has 5 nitrogen and oxygen atoms in total. The first-order valence-corrected chi connectivity index (χ1v) is 4.39. The fourth-order valence-electron chi connectivity index (χ4n) is 0.914. The number of benzene rings is 1. The third-order valence-electron chi connectivity index (χ3n) is 1.84. The first kappa shape index (κ1) is 11.0. The molecular formula is C10H13N3O2. The van der Waals surface area contributed by atoms with Gasteiger partial charge >= 0.3 is 6.09 Å². The molecule has 0 radical (unpaired) electrons. The molecule has 1 rings (SSSR count). The summed E-state index contributed by atoms with van der Waals surface area (Å²) in [5.74, 6) is -0.340. The van der Waals surface area contributed by atoms with Crippen LogP contribution >= 0.6 is 0 Å². The third kappa shape index (κ3) is 3.30. The summed E-state index contributed by atoms with van der Waals surface area (Å²) in [5, 5.41) is 7.02. The van der Waals surface area contributed by atoms with Crippen LogP contribution in [-0.2, 0) is 11.3 Å². The highest BCUT2D eigenvalue weighted by atomic mass is 16.6. The molecule has 0 spiro atoms. The van der Waals surface area contributed by atoms with Gasteiger partial charge in [0.25, 0.3) is 0 Å². The maximum atomic E-state index is 11.2. The van der Waals surface area contributed by atoms with Crippen molar-refractivity contribution in [3.63, 3.8) is 0 Å². The minimum Gasteiger partial charge on any atom is -0.444 e. The Morgan fingerprint density at radius 2 is 2.07 bits per heavy atom. The number of nitrogens with one attached hydrogen (secondary N) is 1. The first-order valence-electron chi connectivity index (χ1n) is 4.39. The molecule has 1 amide bonds. The topological polar surface area (TPSA) is 79.4 Å². The van der Waals surface area contributed by atoms with E-state index in [2.05, 4.69) is 0 Å². The Kier molecular flexibility index (Phi) is 3.68. The van der Waals surface area contributed by atoms with Crippen molar-refractivity contribution in [3.05, 3.63) is 35.9 Å². The molecule has 0 saturated carbocycles. The minimum atomic E-state index is -0.633. The third-order valence-corrected chi connectivity index (χ3v) is 1.84. The van der Waals surface area contributed by atoms with Gasteiger partial charge in [-0.25, -0.2) is 4.79 Å². The van der Waals surface area contributed by atoms with Crippen LogP contribution in [0.1, 0.15) is 5.56 Å². The zero-order chi connectivity index (χ0) is 11.3. The van der Waals surface area contributed by atoms with Gasteiger partial charge in [0.05, 0.1) is 0 Å². The molecule has 15 heavy (non-hydrogen) atoms. The van der Waals surface area contributed by atoms with E-state index in [1.807, 2.05) is 30.3 Å². The van der Waals surface area contributed by atoms with E-state index in [1.54, 1.807) is 0 Å². The predicted octanol–water partition coefficient (Wildman–Crippen LogP) is 1.15. The molecule has 3 N–H and O–H groups in total. The fourth-order valence-corrected chi connectivity index (χ4v) is 0.914. The summed E-state index contributed by atoms with van der Waals surface area (Å²) >= 11 is 0. The number of guanidine groups is 1. The summed E-state index contributed by atoms with van der Waals surface area (Å²) in [6, 6.07) is 9.30. The van der Waals surface area contributed by atoms with Crippen LogP contribution in [0.4, 0.5) is 4.79 Å². The molecule has 0 heterocycles. The number of carbonyl (C=O) groups is 1. The number of amides is 1. The van der Waals surface area contributed by atoms with E-state index in [0.717, 1.165) is 10.5 Å². The van der Waals surface area contributed by atoms with Gasteiger partial charge in [-0.05, 0) is 5.56 Å². The van der Waals surface area contributed by atoms with E-state index < -0.39 is 6.09 Å². The highest BCUT2D eigenvalue weighted by Crippen LogP contribution is 2.01. The van der Waals surface area contributed by atoms with Crippen LogP contribution in [0, 0.1) is 5.41 Å². The normalized spacial score (nSPS) is 9.40. The molecule has 0 aliphatic carbocycles. The molecular weight excluding hydrogens is 194 g/mol. The highest BCUT2D eigenvalue weighted by molar-refractivity contribution is 5.90. The Morgan fingerprint density at radius 1 is 1.47 bits per heavy atom. The fraction of sp³-hybridized carbons (Fsp3) is 0.200. The zero-order valence-electron chi connectivity index (χ0n) is 8.43. The number of hydrogen-bond donors (Lipinski definition) is 2. The lowest BCUT2D eigenvalue weighted by molar-refractivity contribution is 0.121. The maximum Gasteiger partial charge on any atom is 0.416 e. The van der Waals surface area contributed by atoms with Gasteiger partial charge in [0.15, 0.2) is 5.96 Å². The summed E-state index contributed by atoms with van der Waals surface area (Å²) in [4.78, 5) is 12.2. The molecule has 0 fully saturated rings. The minimum absolute atomic E-state index is 0.178. The van der Waals surface area contributed by atoms with Crippen molar-refractivity contribution in [1.82, 2.24) is 4.90 Å². The predicted molar refractivity (Wildman–Crippen MR) is 56.3 cm³/mol. The van der Waals surface area contributed by atoms with Gasteiger partial charge in [0.1, 0.15) is 6.61 Å². The molecule has 80 valence electrons. The zero-order valence-corrected chi connectivity index (χ0v) is 8.43. The van der Waals surface area contributed by atoms with Gasteiger partial charge in [-0.2, -0.15) is 0 Å². The Hall–Kier alpha value is -2.04. The second-order valence-electron chi connectivity index (χ2n) is 2.98. The maximum absolute atomic E-state index is 11.2. The number of nitrogens with two attached hydrogens (primary N) is 1.